The van der Waals surface area contributed by atoms with Crippen molar-refractivity contribution in [1.82, 2.24) is 10.6 Å². The zero-order valence-electron chi connectivity index (χ0n) is 14.9. The molecule has 2 atom stereocenters. The number of hydrogen-bond acceptors (Lipinski definition) is 3. The number of hydrogen-bond donors (Lipinski definition) is 3. The van der Waals surface area contributed by atoms with Crippen LogP contribution in [0.1, 0.15) is 32.8 Å². The van der Waals surface area contributed by atoms with Crippen molar-refractivity contribution < 1.29 is 9.90 Å². The predicted molar refractivity (Wildman–Crippen MR) is 98.1 cm³/mol. The second-order valence-corrected chi connectivity index (χ2v) is 6.75. The molecule has 132 valence electrons. The molecule has 0 aromatic heterocycles. The van der Waals surface area contributed by atoms with Gasteiger partial charge in [-0.15, -0.1) is 0 Å². The van der Waals surface area contributed by atoms with E-state index in [9.17, 15) is 9.90 Å². The van der Waals surface area contributed by atoms with Crippen LogP contribution in [0.2, 0.25) is 0 Å². The molecule has 0 radical (unpaired) electrons. The maximum Gasteiger partial charge on any atom is 0.315 e. The molecule has 0 aliphatic carbocycles. The minimum absolute atomic E-state index is 0.128. The van der Waals surface area contributed by atoms with E-state index in [1.54, 1.807) is 6.92 Å². The minimum atomic E-state index is -0.894. The van der Waals surface area contributed by atoms with Crippen LogP contribution in [0.5, 0.6) is 0 Å². The van der Waals surface area contributed by atoms with Crippen molar-refractivity contribution >= 4 is 11.7 Å². The molecule has 24 heavy (non-hydrogen) atoms. The average Bonchev–Trinajstić information content (AvgIpc) is 3.12. The number of amides is 2. The van der Waals surface area contributed by atoms with E-state index >= 15 is 0 Å². The Morgan fingerprint density at radius 2 is 2.04 bits per heavy atom. The number of benzene rings is 1. The molecule has 1 aliphatic rings. The molecule has 0 saturated carbocycles. The standard InChI is InChI=1S/C19H29N3O2/c1-4-15(2)19(3,24)14-21-18(23)20-13-16-8-7-9-17(12-16)22-10-5-6-11-22/h5-9,12,15,24H,4,10-11,13-14H2,1-3H3,(H2,20,21,23). The number of anilines is 1. The Hall–Kier alpha value is -2.01. The van der Waals surface area contributed by atoms with Crippen LogP contribution in [0.25, 0.3) is 0 Å². The maximum atomic E-state index is 12.0. The molecule has 2 unspecified atom stereocenters. The zero-order chi connectivity index (χ0) is 17.6. The van der Waals surface area contributed by atoms with Gasteiger partial charge in [0, 0.05) is 31.9 Å². The van der Waals surface area contributed by atoms with Crippen molar-refractivity contribution in [3.63, 3.8) is 0 Å². The fraction of sp³-hybridized carbons (Fsp3) is 0.526. The van der Waals surface area contributed by atoms with Gasteiger partial charge in [-0.2, -0.15) is 0 Å². The third kappa shape index (κ3) is 4.99. The highest BCUT2D eigenvalue weighted by molar-refractivity contribution is 5.74. The Labute approximate surface area is 144 Å². The Balaban J connectivity index is 1.80. The van der Waals surface area contributed by atoms with Crippen LogP contribution in [0.4, 0.5) is 10.5 Å². The van der Waals surface area contributed by atoms with Gasteiger partial charge in [0.15, 0.2) is 0 Å². The lowest BCUT2D eigenvalue weighted by Gasteiger charge is -2.29. The van der Waals surface area contributed by atoms with Gasteiger partial charge in [-0.05, 0) is 30.5 Å². The Morgan fingerprint density at radius 1 is 1.33 bits per heavy atom. The largest absolute Gasteiger partial charge is 0.388 e. The molecule has 5 nitrogen and oxygen atoms in total. The van der Waals surface area contributed by atoms with Gasteiger partial charge in [0.25, 0.3) is 0 Å². The van der Waals surface area contributed by atoms with Gasteiger partial charge in [0.2, 0.25) is 0 Å². The van der Waals surface area contributed by atoms with E-state index in [0.717, 1.165) is 25.1 Å². The second-order valence-electron chi connectivity index (χ2n) is 6.75. The zero-order valence-corrected chi connectivity index (χ0v) is 14.9. The molecule has 1 aromatic carbocycles. The number of nitrogens with zero attached hydrogens (tertiary/aromatic N) is 1. The summed E-state index contributed by atoms with van der Waals surface area (Å²) in [5.41, 5.74) is 1.33. The highest BCUT2D eigenvalue weighted by Gasteiger charge is 2.27. The van der Waals surface area contributed by atoms with Crippen LogP contribution in [0.15, 0.2) is 36.4 Å². The number of rotatable bonds is 7. The van der Waals surface area contributed by atoms with E-state index in [4.69, 9.17) is 0 Å². The monoisotopic (exact) mass is 331 g/mol. The summed E-state index contributed by atoms with van der Waals surface area (Å²) < 4.78 is 0. The first-order valence-corrected chi connectivity index (χ1v) is 8.65. The molecule has 5 heteroatoms. The lowest BCUT2D eigenvalue weighted by Crippen LogP contribution is -2.47. The van der Waals surface area contributed by atoms with E-state index in [1.807, 2.05) is 26.0 Å². The quantitative estimate of drug-likeness (QED) is 0.673. The smallest absolute Gasteiger partial charge is 0.315 e. The molecule has 1 heterocycles. The van der Waals surface area contributed by atoms with Crippen molar-refractivity contribution in [2.75, 3.05) is 24.5 Å². The maximum absolute atomic E-state index is 12.0. The molecule has 0 fully saturated rings. The van der Waals surface area contributed by atoms with E-state index in [2.05, 4.69) is 39.8 Å². The molecule has 2 rings (SSSR count). The first kappa shape index (κ1) is 18.3. The van der Waals surface area contributed by atoms with Crippen LogP contribution in [0, 0.1) is 5.92 Å². The normalized spacial score (nSPS) is 17.4. The average molecular weight is 331 g/mol. The Bertz CT molecular complexity index is 576. The van der Waals surface area contributed by atoms with Gasteiger partial charge in [-0.25, -0.2) is 4.79 Å². The lowest BCUT2D eigenvalue weighted by atomic mass is 9.89. The Kier molecular flexibility index (Phi) is 6.26. The summed E-state index contributed by atoms with van der Waals surface area (Å²) in [5, 5.41) is 15.9. The van der Waals surface area contributed by atoms with E-state index in [1.165, 1.54) is 5.69 Å². The number of carbonyl (C=O) groups excluding carboxylic acids is 1. The predicted octanol–water partition coefficient (Wildman–Crippen LogP) is 2.66. The molecule has 1 aromatic rings. The fourth-order valence-electron chi connectivity index (χ4n) is 2.67. The highest BCUT2D eigenvalue weighted by Crippen LogP contribution is 2.19. The van der Waals surface area contributed by atoms with E-state index in [0.29, 0.717) is 6.54 Å². The highest BCUT2D eigenvalue weighted by atomic mass is 16.3. The van der Waals surface area contributed by atoms with Gasteiger partial charge in [0.05, 0.1) is 5.60 Å². The summed E-state index contributed by atoms with van der Waals surface area (Å²) in [7, 11) is 0. The van der Waals surface area contributed by atoms with Crippen LogP contribution in [0.3, 0.4) is 0 Å². The number of urea groups is 1. The van der Waals surface area contributed by atoms with Crippen molar-refractivity contribution in [3.05, 3.63) is 42.0 Å². The molecule has 0 spiro atoms. The van der Waals surface area contributed by atoms with Crippen LogP contribution >= 0.6 is 0 Å². The number of nitrogens with one attached hydrogen (secondary N) is 2. The summed E-state index contributed by atoms with van der Waals surface area (Å²) in [5.74, 6) is 0.128. The molecule has 1 aliphatic heterocycles. The van der Waals surface area contributed by atoms with Gasteiger partial charge < -0.3 is 20.6 Å². The first-order chi connectivity index (χ1) is 11.4. The third-order valence-electron chi connectivity index (χ3n) is 4.83. The van der Waals surface area contributed by atoms with Crippen molar-refractivity contribution in [2.24, 2.45) is 5.92 Å². The Morgan fingerprint density at radius 3 is 2.71 bits per heavy atom. The van der Waals surface area contributed by atoms with Crippen LogP contribution < -0.4 is 15.5 Å². The summed E-state index contributed by atoms with van der Waals surface area (Å²) in [6.45, 7) is 8.35. The van der Waals surface area contributed by atoms with Crippen LogP contribution in [-0.2, 0) is 6.54 Å². The first-order valence-electron chi connectivity index (χ1n) is 8.65. The van der Waals surface area contributed by atoms with Gasteiger partial charge in [0.1, 0.15) is 0 Å². The van der Waals surface area contributed by atoms with E-state index in [-0.39, 0.29) is 18.5 Å². The van der Waals surface area contributed by atoms with Crippen molar-refractivity contribution in [1.29, 1.82) is 0 Å². The molecular formula is C19H29N3O2. The molecule has 2 amide bonds. The number of carbonyl (C=O) groups is 1. The second kappa shape index (κ2) is 8.20. The summed E-state index contributed by atoms with van der Waals surface area (Å²) in [6, 6.07) is 7.94. The van der Waals surface area contributed by atoms with Gasteiger partial charge >= 0.3 is 6.03 Å². The van der Waals surface area contributed by atoms with Gasteiger partial charge in [-0.1, -0.05) is 44.6 Å². The third-order valence-corrected chi connectivity index (χ3v) is 4.83. The van der Waals surface area contributed by atoms with Gasteiger partial charge in [-0.3, -0.25) is 0 Å². The number of aliphatic hydroxyl groups is 1. The van der Waals surface area contributed by atoms with Crippen molar-refractivity contribution in [2.45, 2.75) is 39.3 Å². The fourth-order valence-corrected chi connectivity index (χ4v) is 2.67. The summed E-state index contributed by atoms with van der Waals surface area (Å²) in [6.07, 6.45) is 5.18. The van der Waals surface area contributed by atoms with Crippen molar-refractivity contribution in [3.8, 4) is 0 Å². The molecule has 0 bridgehead atoms. The summed E-state index contributed by atoms with van der Waals surface area (Å²) in [4.78, 5) is 14.2. The SMILES string of the molecule is CCC(C)C(C)(O)CNC(=O)NCc1cccc(N2CC=CC2)c1. The van der Waals surface area contributed by atoms with Crippen LogP contribution in [-0.4, -0.2) is 36.4 Å². The lowest BCUT2D eigenvalue weighted by molar-refractivity contribution is 0.00790. The van der Waals surface area contributed by atoms with E-state index < -0.39 is 5.60 Å². The minimum Gasteiger partial charge on any atom is -0.388 e. The molecule has 3 N–H and O–H groups in total. The molecular weight excluding hydrogens is 302 g/mol. The molecule has 0 saturated heterocycles. The summed E-state index contributed by atoms with van der Waals surface area (Å²) >= 11 is 0. The topological polar surface area (TPSA) is 64.6 Å².